The Kier molecular flexibility index (Phi) is 8.41. The lowest BCUT2D eigenvalue weighted by Crippen LogP contribution is -2.51. The lowest BCUT2D eigenvalue weighted by molar-refractivity contribution is -0.131. The van der Waals surface area contributed by atoms with Crippen LogP contribution >= 0.6 is 23.2 Å². The summed E-state index contributed by atoms with van der Waals surface area (Å²) in [4.78, 5) is 17.0. The second-order valence-electron chi connectivity index (χ2n) is 8.40. The van der Waals surface area contributed by atoms with Gasteiger partial charge in [-0.3, -0.25) is 4.79 Å². The van der Waals surface area contributed by atoms with E-state index in [2.05, 4.69) is 4.90 Å². The summed E-state index contributed by atoms with van der Waals surface area (Å²) in [5, 5.41) is 0.302. The summed E-state index contributed by atoms with van der Waals surface area (Å²) in [6.07, 6.45) is 0. The Balaban J connectivity index is 1.50. The molecule has 10 heteroatoms. The first-order valence-corrected chi connectivity index (χ1v) is 13.6. The molecule has 0 aliphatic carbocycles. The fourth-order valence-electron chi connectivity index (χ4n) is 4.08. The van der Waals surface area contributed by atoms with Crippen molar-refractivity contribution in [2.24, 2.45) is 0 Å². The van der Waals surface area contributed by atoms with Crippen LogP contribution in [-0.2, 0) is 21.4 Å². The van der Waals surface area contributed by atoms with Crippen LogP contribution in [0.25, 0.3) is 0 Å². The quantitative estimate of drug-likeness (QED) is 0.414. The molecule has 1 aliphatic heterocycles. The maximum absolute atomic E-state index is 13.6. The molecule has 1 fully saturated rings. The van der Waals surface area contributed by atoms with Crippen molar-refractivity contribution in [2.75, 3.05) is 44.7 Å². The van der Waals surface area contributed by atoms with Crippen molar-refractivity contribution in [3.63, 3.8) is 0 Å². The first-order valence-electron chi connectivity index (χ1n) is 11.4. The van der Waals surface area contributed by atoms with E-state index in [1.54, 1.807) is 12.0 Å². The number of benzene rings is 3. The van der Waals surface area contributed by atoms with Gasteiger partial charge in [-0.2, -0.15) is 4.31 Å². The van der Waals surface area contributed by atoms with Crippen LogP contribution < -0.4 is 9.64 Å². The molecule has 0 spiro atoms. The molecular formula is C26H27Cl2N3O4S. The zero-order valence-corrected chi connectivity index (χ0v) is 22.1. The Hall–Kier alpha value is -2.78. The van der Waals surface area contributed by atoms with Crippen molar-refractivity contribution < 1.29 is 17.9 Å². The number of nitrogens with zero attached hydrogens (tertiary/aromatic N) is 3. The molecule has 0 aromatic heterocycles. The van der Waals surface area contributed by atoms with E-state index in [0.29, 0.717) is 26.2 Å². The Bertz CT molecular complexity index is 1300. The average molecular weight is 548 g/mol. The number of amides is 1. The molecule has 1 heterocycles. The minimum atomic E-state index is -4.10. The molecule has 1 aliphatic rings. The topological polar surface area (TPSA) is 70.2 Å². The predicted octanol–water partition coefficient (Wildman–Crippen LogP) is 4.54. The van der Waals surface area contributed by atoms with Crippen LogP contribution in [0.4, 0.5) is 5.69 Å². The highest BCUT2D eigenvalue weighted by molar-refractivity contribution is 7.89. The molecule has 0 N–H and O–H groups in total. The summed E-state index contributed by atoms with van der Waals surface area (Å²) >= 11 is 12.3. The van der Waals surface area contributed by atoms with Gasteiger partial charge in [-0.1, -0.05) is 53.5 Å². The number of halogens is 2. The second-order valence-corrected chi connectivity index (χ2v) is 11.1. The molecule has 0 radical (unpaired) electrons. The number of methoxy groups -OCH3 is 1. The molecule has 3 aromatic carbocycles. The highest BCUT2D eigenvalue weighted by atomic mass is 35.5. The third-order valence-corrected chi connectivity index (χ3v) is 8.60. The number of anilines is 1. The van der Waals surface area contributed by atoms with E-state index < -0.39 is 10.0 Å². The van der Waals surface area contributed by atoms with Crippen molar-refractivity contribution >= 4 is 44.8 Å². The van der Waals surface area contributed by atoms with E-state index in [4.69, 9.17) is 27.9 Å². The highest BCUT2D eigenvalue weighted by Crippen LogP contribution is 2.29. The molecule has 0 saturated carbocycles. The molecular weight excluding hydrogens is 521 g/mol. The Labute approximate surface area is 221 Å². The van der Waals surface area contributed by atoms with Gasteiger partial charge in [0.15, 0.2) is 0 Å². The van der Waals surface area contributed by atoms with Gasteiger partial charge in [0.1, 0.15) is 10.6 Å². The van der Waals surface area contributed by atoms with Gasteiger partial charge in [0.2, 0.25) is 15.9 Å². The Morgan fingerprint density at radius 2 is 1.61 bits per heavy atom. The molecule has 4 rings (SSSR count). The van der Waals surface area contributed by atoms with E-state index >= 15 is 0 Å². The van der Waals surface area contributed by atoms with Gasteiger partial charge < -0.3 is 14.5 Å². The van der Waals surface area contributed by atoms with Gasteiger partial charge in [-0.05, 0) is 48.0 Å². The molecule has 1 saturated heterocycles. The van der Waals surface area contributed by atoms with Gasteiger partial charge in [0, 0.05) is 43.4 Å². The minimum absolute atomic E-state index is 0.0313. The normalized spacial score (nSPS) is 14.2. The summed E-state index contributed by atoms with van der Waals surface area (Å²) in [6.45, 7) is 1.99. The number of rotatable bonds is 8. The van der Waals surface area contributed by atoms with Crippen molar-refractivity contribution in [1.82, 2.24) is 9.21 Å². The Morgan fingerprint density at radius 1 is 0.944 bits per heavy atom. The third kappa shape index (κ3) is 6.13. The van der Waals surface area contributed by atoms with Crippen LogP contribution in [0.5, 0.6) is 5.75 Å². The maximum atomic E-state index is 13.6. The summed E-state index contributed by atoms with van der Waals surface area (Å²) in [6, 6.07) is 21.2. The lowest BCUT2D eigenvalue weighted by atomic mass is 10.2. The van der Waals surface area contributed by atoms with Crippen LogP contribution in [0.1, 0.15) is 5.56 Å². The van der Waals surface area contributed by atoms with Crippen molar-refractivity contribution in [1.29, 1.82) is 0 Å². The van der Waals surface area contributed by atoms with Gasteiger partial charge in [0.05, 0.1) is 18.7 Å². The number of piperazine rings is 1. The van der Waals surface area contributed by atoms with E-state index in [0.717, 1.165) is 21.3 Å². The van der Waals surface area contributed by atoms with E-state index in [1.807, 2.05) is 54.6 Å². The smallest absolute Gasteiger partial charge is 0.245 e. The molecule has 0 atom stereocenters. The third-order valence-electron chi connectivity index (χ3n) is 6.09. The fourth-order valence-corrected chi connectivity index (χ4v) is 6.20. The van der Waals surface area contributed by atoms with E-state index in [-0.39, 0.29) is 33.9 Å². The number of ether oxygens (including phenoxy) is 1. The fraction of sp³-hybridized carbons (Fsp3) is 0.269. The largest absolute Gasteiger partial charge is 0.497 e. The number of hydrogen-bond acceptors (Lipinski definition) is 5. The van der Waals surface area contributed by atoms with Gasteiger partial charge in [-0.25, -0.2) is 8.42 Å². The van der Waals surface area contributed by atoms with E-state index in [1.165, 1.54) is 18.2 Å². The summed E-state index contributed by atoms with van der Waals surface area (Å²) in [5.74, 6) is 0.522. The highest BCUT2D eigenvalue weighted by Gasteiger charge is 2.31. The van der Waals surface area contributed by atoms with Crippen LogP contribution in [0.15, 0.2) is 77.7 Å². The second kappa shape index (κ2) is 11.5. The first-order chi connectivity index (χ1) is 17.3. The molecule has 36 heavy (non-hydrogen) atoms. The average Bonchev–Trinajstić information content (AvgIpc) is 2.90. The zero-order valence-electron chi connectivity index (χ0n) is 19.8. The monoisotopic (exact) mass is 547 g/mol. The minimum Gasteiger partial charge on any atom is -0.497 e. The number of carbonyl (C=O) groups excluding carboxylic acids is 1. The zero-order chi connectivity index (χ0) is 25.7. The van der Waals surface area contributed by atoms with Crippen molar-refractivity contribution in [3.05, 3.63) is 88.4 Å². The Morgan fingerprint density at radius 3 is 2.25 bits per heavy atom. The van der Waals surface area contributed by atoms with Gasteiger partial charge in [0.25, 0.3) is 0 Å². The van der Waals surface area contributed by atoms with Crippen LogP contribution in [0.3, 0.4) is 0 Å². The van der Waals surface area contributed by atoms with Gasteiger partial charge >= 0.3 is 0 Å². The van der Waals surface area contributed by atoms with Crippen molar-refractivity contribution in [3.8, 4) is 5.75 Å². The molecule has 0 bridgehead atoms. The van der Waals surface area contributed by atoms with E-state index in [9.17, 15) is 13.2 Å². The summed E-state index contributed by atoms with van der Waals surface area (Å²) in [7, 11) is -2.47. The molecule has 7 nitrogen and oxygen atoms in total. The first kappa shape index (κ1) is 26.3. The molecule has 3 aromatic rings. The molecule has 1 amide bonds. The van der Waals surface area contributed by atoms with Crippen LogP contribution in [0.2, 0.25) is 10.0 Å². The lowest BCUT2D eigenvalue weighted by Gasteiger charge is -2.37. The van der Waals surface area contributed by atoms with Gasteiger partial charge in [-0.15, -0.1) is 0 Å². The van der Waals surface area contributed by atoms with Crippen molar-refractivity contribution in [2.45, 2.75) is 11.4 Å². The SMILES string of the molecule is COc1ccc(N2CCN(C(=O)CN(Cc3ccccc3)S(=O)(=O)c3cc(Cl)ccc3Cl)CC2)cc1. The summed E-state index contributed by atoms with van der Waals surface area (Å²) < 4.78 is 33.6. The van der Waals surface area contributed by atoms with Crippen LogP contribution in [-0.4, -0.2) is 63.4 Å². The molecule has 190 valence electrons. The predicted molar refractivity (Wildman–Crippen MR) is 142 cm³/mol. The maximum Gasteiger partial charge on any atom is 0.245 e. The standard InChI is InChI=1S/C26H27Cl2N3O4S/c1-35-23-10-8-22(9-11-23)29-13-15-30(16-14-29)26(32)19-31(18-20-5-3-2-4-6-20)36(33,34)25-17-21(27)7-12-24(25)28/h2-12,17H,13-16,18-19H2,1H3. The molecule has 0 unspecified atom stereocenters. The summed E-state index contributed by atoms with van der Waals surface area (Å²) in [5.41, 5.74) is 1.81. The number of sulfonamides is 1. The van der Waals surface area contributed by atoms with Crippen LogP contribution in [0, 0.1) is 0 Å². The number of hydrogen-bond donors (Lipinski definition) is 0. The number of carbonyl (C=O) groups is 1.